The highest BCUT2D eigenvalue weighted by molar-refractivity contribution is 7.22. The topological polar surface area (TPSA) is 57.7 Å². The monoisotopic (exact) mass is 382 g/mol. The van der Waals surface area contributed by atoms with Gasteiger partial charge in [0.15, 0.2) is 11.7 Å². The summed E-state index contributed by atoms with van der Waals surface area (Å²) in [5.41, 5.74) is 1.73. The van der Waals surface area contributed by atoms with E-state index in [0.29, 0.717) is 5.75 Å². The minimum atomic E-state index is -0.179. The molecule has 1 aliphatic heterocycles. The Kier molecular flexibility index (Phi) is 5.22. The number of likely N-dealkylation sites (N-methyl/N-ethyl adjacent to an activating group) is 1. The number of anilines is 2. The summed E-state index contributed by atoms with van der Waals surface area (Å²) in [6, 6.07) is 15.1. The van der Waals surface area contributed by atoms with Gasteiger partial charge < -0.3 is 19.9 Å². The molecule has 0 atom stereocenters. The molecule has 0 radical (unpaired) electrons. The second-order valence-electron chi connectivity index (χ2n) is 6.62. The van der Waals surface area contributed by atoms with Crippen molar-refractivity contribution in [2.24, 2.45) is 0 Å². The molecule has 0 saturated carbocycles. The van der Waals surface area contributed by atoms with Crippen molar-refractivity contribution in [2.45, 2.75) is 0 Å². The van der Waals surface area contributed by atoms with Gasteiger partial charge in [0.05, 0.1) is 10.2 Å². The molecule has 7 heteroatoms. The molecular formula is C20H22N4O2S. The summed E-state index contributed by atoms with van der Waals surface area (Å²) >= 11 is 1.67. The van der Waals surface area contributed by atoms with Crippen LogP contribution in [-0.4, -0.2) is 55.6 Å². The van der Waals surface area contributed by atoms with Crippen molar-refractivity contribution in [3.63, 3.8) is 0 Å². The van der Waals surface area contributed by atoms with Gasteiger partial charge in [-0.2, -0.15) is 0 Å². The third kappa shape index (κ3) is 4.37. The molecule has 27 heavy (non-hydrogen) atoms. The third-order valence-corrected chi connectivity index (χ3v) is 5.63. The lowest BCUT2D eigenvalue weighted by atomic mass is 10.3. The van der Waals surface area contributed by atoms with Crippen LogP contribution in [0.15, 0.2) is 48.5 Å². The van der Waals surface area contributed by atoms with Crippen LogP contribution < -0.4 is 15.0 Å². The maximum atomic E-state index is 12.1. The number of fused-ring (bicyclic) bond motifs is 1. The van der Waals surface area contributed by atoms with Gasteiger partial charge >= 0.3 is 0 Å². The van der Waals surface area contributed by atoms with Crippen molar-refractivity contribution < 1.29 is 9.53 Å². The zero-order valence-corrected chi connectivity index (χ0v) is 16.0. The fourth-order valence-corrected chi connectivity index (χ4v) is 4.04. The molecule has 1 amide bonds. The van der Waals surface area contributed by atoms with Gasteiger partial charge in [0.2, 0.25) is 0 Å². The number of piperazine rings is 1. The van der Waals surface area contributed by atoms with Gasteiger partial charge in [0, 0.05) is 31.9 Å². The van der Waals surface area contributed by atoms with E-state index in [1.165, 1.54) is 0 Å². The SMILES string of the molecule is CN1CCN(c2nc3ccc(NC(=O)COc4ccccc4)cc3s2)CC1. The van der Waals surface area contributed by atoms with Gasteiger partial charge in [-0.15, -0.1) is 0 Å². The van der Waals surface area contributed by atoms with Crippen LogP contribution in [0.1, 0.15) is 0 Å². The number of carbonyl (C=O) groups is 1. The van der Waals surface area contributed by atoms with Crippen LogP contribution in [0.4, 0.5) is 10.8 Å². The summed E-state index contributed by atoms with van der Waals surface area (Å²) in [6.45, 7) is 4.09. The first-order valence-electron chi connectivity index (χ1n) is 8.99. The number of nitrogens with zero attached hydrogens (tertiary/aromatic N) is 3. The molecule has 2 heterocycles. The largest absolute Gasteiger partial charge is 0.484 e. The molecule has 1 N–H and O–H groups in total. The molecule has 1 saturated heterocycles. The van der Waals surface area contributed by atoms with E-state index in [0.717, 1.165) is 47.2 Å². The van der Waals surface area contributed by atoms with E-state index < -0.39 is 0 Å². The molecule has 6 nitrogen and oxygen atoms in total. The lowest BCUT2D eigenvalue weighted by Gasteiger charge is -2.31. The number of carbonyl (C=O) groups excluding carboxylic acids is 1. The highest BCUT2D eigenvalue weighted by Crippen LogP contribution is 2.31. The number of thiazole rings is 1. The third-order valence-electron chi connectivity index (χ3n) is 4.55. The summed E-state index contributed by atoms with van der Waals surface area (Å²) in [5, 5.41) is 3.94. The number of aromatic nitrogens is 1. The molecule has 3 aromatic rings. The summed E-state index contributed by atoms with van der Waals surface area (Å²) in [7, 11) is 2.14. The molecule has 1 aliphatic rings. The van der Waals surface area contributed by atoms with Crippen LogP contribution in [-0.2, 0) is 4.79 Å². The zero-order valence-electron chi connectivity index (χ0n) is 15.2. The molecular weight excluding hydrogens is 360 g/mol. The molecule has 0 aliphatic carbocycles. The Morgan fingerprint density at radius 1 is 1.15 bits per heavy atom. The van der Waals surface area contributed by atoms with Crippen molar-refractivity contribution in [2.75, 3.05) is 50.1 Å². The zero-order chi connectivity index (χ0) is 18.6. The number of ether oxygens (including phenoxy) is 1. The Bertz CT molecular complexity index is 920. The van der Waals surface area contributed by atoms with Crippen LogP contribution >= 0.6 is 11.3 Å². The molecule has 140 valence electrons. The van der Waals surface area contributed by atoms with Crippen LogP contribution in [0.3, 0.4) is 0 Å². The number of benzene rings is 2. The average Bonchev–Trinajstić information content (AvgIpc) is 3.11. The second-order valence-corrected chi connectivity index (χ2v) is 7.63. The van der Waals surface area contributed by atoms with Crippen molar-refractivity contribution in [3.8, 4) is 5.75 Å². The number of hydrogen-bond acceptors (Lipinski definition) is 6. The van der Waals surface area contributed by atoms with Gasteiger partial charge in [-0.3, -0.25) is 4.79 Å². The van der Waals surface area contributed by atoms with Crippen molar-refractivity contribution in [1.29, 1.82) is 0 Å². The summed E-state index contributed by atoms with van der Waals surface area (Å²) in [4.78, 5) is 21.5. The first-order valence-corrected chi connectivity index (χ1v) is 9.81. The number of rotatable bonds is 5. The standard InChI is InChI=1S/C20H22N4O2S/c1-23-9-11-24(12-10-23)20-22-17-8-7-15(13-18(17)27-20)21-19(25)14-26-16-5-3-2-4-6-16/h2-8,13H,9-12,14H2,1H3,(H,21,25). The van der Waals surface area contributed by atoms with Crippen molar-refractivity contribution in [3.05, 3.63) is 48.5 Å². The fraction of sp³-hybridized carbons (Fsp3) is 0.300. The summed E-state index contributed by atoms with van der Waals surface area (Å²) in [6.07, 6.45) is 0. The minimum Gasteiger partial charge on any atom is -0.484 e. The Hall–Kier alpha value is -2.64. The Morgan fingerprint density at radius 3 is 2.70 bits per heavy atom. The maximum Gasteiger partial charge on any atom is 0.262 e. The molecule has 1 aromatic heterocycles. The van der Waals surface area contributed by atoms with Gasteiger partial charge in [0.25, 0.3) is 5.91 Å². The summed E-state index contributed by atoms with van der Waals surface area (Å²) in [5.74, 6) is 0.504. The first kappa shape index (κ1) is 17.8. The molecule has 0 spiro atoms. The van der Waals surface area contributed by atoms with Crippen LogP contribution in [0.5, 0.6) is 5.75 Å². The van der Waals surface area contributed by atoms with Crippen molar-refractivity contribution in [1.82, 2.24) is 9.88 Å². The van der Waals surface area contributed by atoms with Crippen molar-refractivity contribution >= 4 is 38.3 Å². The quantitative estimate of drug-likeness (QED) is 0.735. The molecule has 0 unspecified atom stereocenters. The predicted octanol–water partition coefficient (Wildman–Crippen LogP) is 3.07. The number of para-hydroxylation sites is 1. The number of hydrogen-bond donors (Lipinski definition) is 1. The fourth-order valence-electron chi connectivity index (χ4n) is 2.99. The van der Waals surface area contributed by atoms with Gasteiger partial charge in [0.1, 0.15) is 5.75 Å². The lowest BCUT2D eigenvalue weighted by molar-refractivity contribution is -0.118. The van der Waals surface area contributed by atoms with Crippen LogP contribution in [0.25, 0.3) is 10.2 Å². The Labute approximate surface area is 162 Å². The summed E-state index contributed by atoms with van der Waals surface area (Å²) < 4.78 is 6.56. The molecule has 1 fully saturated rings. The predicted molar refractivity (Wildman–Crippen MR) is 110 cm³/mol. The Morgan fingerprint density at radius 2 is 1.93 bits per heavy atom. The van der Waals surface area contributed by atoms with Gasteiger partial charge in [-0.25, -0.2) is 4.98 Å². The van der Waals surface area contributed by atoms with E-state index in [1.54, 1.807) is 11.3 Å². The Balaban J connectivity index is 1.40. The normalized spacial score (nSPS) is 15.1. The molecule has 2 aromatic carbocycles. The van der Waals surface area contributed by atoms with E-state index in [4.69, 9.17) is 9.72 Å². The minimum absolute atomic E-state index is 0.0166. The highest BCUT2D eigenvalue weighted by Gasteiger charge is 2.17. The molecule has 4 rings (SSSR count). The van der Waals surface area contributed by atoms with E-state index in [1.807, 2.05) is 48.5 Å². The second kappa shape index (κ2) is 7.94. The first-order chi connectivity index (χ1) is 13.2. The van der Waals surface area contributed by atoms with Gasteiger partial charge in [-0.1, -0.05) is 29.5 Å². The van der Waals surface area contributed by atoms with Gasteiger partial charge in [-0.05, 0) is 37.4 Å². The maximum absolute atomic E-state index is 12.1. The van der Waals surface area contributed by atoms with Crippen LogP contribution in [0.2, 0.25) is 0 Å². The average molecular weight is 382 g/mol. The van der Waals surface area contributed by atoms with E-state index in [9.17, 15) is 4.79 Å². The number of nitrogens with one attached hydrogen (secondary N) is 1. The number of amides is 1. The van der Waals surface area contributed by atoms with E-state index in [-0.39, 0.29) is 12.5 Å². The smallest absolute Gasteiger partial charge is 0.262 e. The van der Waals surface area contributed by atoms with E-state index in [2.05, 4.69) is 22.2 Å². The lowest BCUT2D eigenvalue weighted by Crippen LogP contribution is -2.44. The molecule has 0 bridgehead atoms. The highest BCUT2D eigenvalue weighted by atomic mass is 32.1. The van der Waals surface area contributed by atoms with E-state index >= 15 is 0 Å². The van der Waals surface area contributed by atoms with Crippen LogP contribution in [0, 0.1) is 0 Å².